The van der Waals surface area contributed by atoms with Gasteiger partial charge in [-0.05, 0) is 42.9 Å². The van der Waals surface area contributed by atoms with Crippen LogP contribution >= 0.6 is 23.4 Å². The van der Waals surface area contributed by atoms with Crippen LogP contribution in [0.4, 0.5) is 5.82 Å². The van der Waals surface area contributed by atoms with Gasteiger partial charge in [0.25, 0.3) is 5.91 Å². The minimum absolute atomic E-state index is 0.137. The van der Waals surface area contributed by atoms with Crippen molar-refractivity contribution in [2.24, 2.45) is 5.92 Å². The number of likely N-dealkylation sites (tertiary alicyclic amines) is 1. The predicted molar refractivity (Wildman–Crippen MR) is 121 cm³/mol. The van der Waals surface area contributed by atoms with Gasteiger partial charge < -0.3 is 9.80 Å². The van der Waals surface area contributed by atoms with Gasteiger partial charge in [0, 0.05) is 44.1 Å². The Morgan fingerprint density at radius 3 is 2.59 bits per heavy atom. The Kier molecular flexibility index (Phi) is 7.78. The van der Waals surface area contributed by atoms with Crippen LogP contribution in [0.3, 0.4) is 0 Å². The maximum absolute atomic E-state index is 12.7. The van der Waals surface area contributed by atoms with Crippen molar-refractivity contribution >= 4 is 35.1 Å². The van der Waals surface area contributed by atoms with Gasteiger partial charge in [0.15, 0.2) is 5.16 Å². The Hall–Kier alpha value is -1.79. The van der Waals surface area contributed by atoms with Gasteiger partial charge in [0.1, 0.15) is 11.0 Å². The Morgan fingerprint density at radius 1 is 1.24 bits per heavy atom. The Balaban J connectivity index is 1.60. The number of amides is 1. The fourth-order valence-corrected chi connectivity index (χ4v) is 4.42. The van der Waals surface area contributed by atoms with Gasteiger partial charge in [-0.15, -0.1) is 0 Å². The van der Waals surface area contributed by atoms with Crippen LogP contribution in [0.2, 0.25) is 5.15 Å². The van der Waals surface area contributed by atoms with Crippen LogP contribution in [-0.4, -0.2) is 47.5 Å². The van der Waals surface area contributed by atoms with Crippen LogP contribution in [0.5, 0.6) is 0 Å². The van der Waals surface area contributed by atoms with E-state index in [-0.39, 0.29) is 5.91 Å². The molecule has 29 heavy (non-hydrogen) atoms. The second kappa shape index (κ2) is 10.3. The number of carbonyl (C=O) groups excluding carboxylic acids is 1. The zero-order valence-corrected chi connectivity index (χ0v) is 19.0. The van der Waals surface area contributed by atoms with Crippen LogP contribution in [0.25, 0.3) is 0 Å². The van der Waals surface area contributed by atoms with Gasteiger partial charge in [-0.1, -0.05) is 49.3 Å². The molecule has 0 saturated carbocycles. The third-order valence-electron chi connectivity index (χ3n) is 5.25. The van der Waals surface area contributed by atoms with Gasteiger partial charge in [-0.3, -0.25) is 4.79 Å². The van der Waals surface area contributed by atoms with Crippen molar-refractivity contribution in [3.8, 4) is 0 Å². The molecule has 1 amide bonds. The van der Waals surface area contributed by atoms with Gasteiger partial charge in [-0.2, -0.15) is 0 Å². The lowest BCUT2D eigenvalue weighted by Crippen LogP contribution is -2.37. The largest absolute Gasteiger partial charge is 0.360 e. The summed E-state index contributed by atoms with van der Waals surface area (Å²) < 4.78 is 0. The van der Waals surface area contributed by atoms with E-state index in [9.17, 15) is 4.79 Å². The molecule has 1 aromatic heterocycles. The first-order chi connectivity index (χ1) is 14.0. The first-order valence-electron chi connectivity index (χ1n) is 10.2. The minimum Gasteiger partial charge on any atom is -0.360 e. The van der Waals surface area contributed by atoms with Crippen molar-refractivity contribution in [1.29, 1.82) is 0 Å². The predicted octanol–water partition coefficient (Wildman–Crippen LogP) is 5.14. The molecule has 3 rings (SSSR count). The highest BCUT2D eigenvalue weighted by molar-refractivity contribution is 7.98. The third kappa shape index (κ3) is 6.09. The smallest absolute Gasteiger partial charge is 0.253 e. The molecule has 0 unspecified atom stereocenters. The normalized spacial score (nSPS) is 14.8. The van der Waals surface area contributed by atoms with E-state index in [0.717, 1.165) is 67.5 Å². The van der Waals surface area contributed by atoms with Crippen LogP contribution < -0.4 is 4.90 Å². The van der Waals surface area contributed by atoms with Gasteiger partial charge in [-0.25, -0.2) is 9.97 Å². The molecule has 1 aliphatic rings. The second-order valence-electron chi connectivity index (χ2n) is 7.71. The number of aromatic nitrogens is 2. The van der Waals surface area contributed by atoms with E-state index < -0.39 is 0 Å². The van der Waals surface area contributed by atoms with Gasteiger partial charge in [0.05, 0.1) is 0 Å². The number of benzene rings is 1. The van der Waals surface area contributed by atoms with Crippen molar-refractivity contribution in [3.63, 3.8) is 0 Å². The Bertz CT molecular complexity index is 822. The van der Waals surface area contributed by atoms with Crippen LogP contribution in [0, 0.1) is 5.92 Å². The average molecular weight is 433 g/mol. The zero-order chi connectivity index (χ0) is 20.8. The highest BCUT2D eigenvalue weighted by atomic mass is 35.5. The van der Waals surface area contributed by atoms with Crippen molar-refractivity contribution < 1.29 is 4.79 Å². The standard InChI is InChI=1S/C22H29ClN4OS/c1-4-11-26(3)20-14-19(23)24-22(25-20)29-15-17-5-7-18(8-6-17)21(28)27-12-9-16(2)10-13-27/h5-8,14,16H,4,9-13,15H2,1-3H3. The van der Waals surface area contributed by atoms with Crippen molar-refractivity contribution in [2.75, 3.05) is 31.6 Å². The summed E-state index contributed by atoms with van der Waals surface area (Å²) in [6.07, 6.45) is 3.23. The molecule has 0 radical (unpaired) electrons. The summed E-state index contributed by atoms with van der Waals surface area (Å²) in [5, 5.41) is 1.12. The van der Waals surface area contributed by atoms with Crippen molar-refractivity contribution in [2.45, 2.75) is 44.0 Å². The van der Waals surface area contributed by atoms with E-state index in [1.807, 2.05) is 36.2 Å². The molecule has 1 saturated heterocycles. The molecule has 0 spiro atoms. The van der Waals surface area contributed by atoms with Gasteiger partial charge >= 0.3 is 0 Å². The van der Waals surface area contributed by atoms with Crippen LogP contribution in [0.15, 0.2) is 35.5 Å². The highest BCUT2D eigenvalue weighted by Gasteiger charge is 2.21. The molecule has 5 nitrogen and oxygen atoms in total. The van der Waals surface area contributed by atoms with Crippen LogP contribution in [0.1, 0.15) is 49.0 Å². The van der Waals surface area contributed by atoms with E-state index in [0.29, 0.717) is 10.3 Å². The third-order valence-corrected chi connectivity index (χ3v) is 6.36. The number of carbonyl (C=O) groups is 1. The Morgan fingerprint density at radius 2 is 1.93 bits per heavy atom. The Labute approximate surface area is 182 Å². The zero-order valence-electron chi connectivity index (χ0n) is 17.4. The molecule has 0 bridgehead atoms. The topological polar surface area (TPSA) is 49.3 Å². The fourth-order valence-electron chi connectivity index (χ4n) is 3.38. The van der Waals surface area contributed by atoms with E-state index in [1.54, 1.807) is 17.8 Å². The molecule has 0 aliphatic carbocycles. The molecule has 1 fully saturated rings. The quantitative estimate of drug-likeness (QED) is 0.344. The molecule has 7 heteroatoms. The molecule has 0 atom stereocenters. The summed E-state index contributed by atoms with van der Waals surface area (Å²) in [5.74, 6) is 2.42. The van der Waals surface area contributed by atoms with E-state index in [4.69, 9.17) is 11.6 Å². The first-order valence-corrected chi connectivity index (χ1v) is 11.6. The summed E-state index contributed by atoms with van der Waals surface area (Å²) in [7, 11) is 2.01. The molecular weight excluding hydrogens is 404 g/mol. The number of thioether (sulfide) groups is 1. The SMILES string of the molecule is CCCN(C)c1cc(Cl)nc(SCc2ccc(C(=O)N3CCC(C)CC3)cc2)n1. The summed E-state index contributed by atoms with van der Waals surface area (Å²) >= 11 is 7.73. The minimum atomic E-state index is 0.137. The number of rotatable bonds is 7. The molecular formula is C22H29ClN4OS. The van der Waals surface area contributed by atoms with Gasteiger partial charge in [0.2, 0.25) is 0 Å². The molecule has 2 heterocycles. The first kappa shape index (κ1) is 21.9. The lowest BCUT2D eigenvalue weighted by atomic mass is 9.98. The maximum Gasteiger partial charge on any atom is 0.253 e. The molecule has 2 aromatic rings. The maximum atomic E-state index is 12.7. The van der Waals surface area contributed by atoms with Crippen molar-refractivity contribution in [1.82, 2.24) is 14.9 Å². The average Bonchev–Trinajstić information content (AvgIpc) is 2.72. The molecule has 0 N–H and O–H groups in total. The van der Waals surface area contributed by atoms with Crippen molar-refractivity contribution in [3.05, 3.63) is 46.6 Å². The fraction of sp³-hybridized carbons (Fsp3) is 0.500. The second-order valence-corrected chi connectivity index (χ2v) is 9.04. The lowest BCUT2D eigenvalue weighted by molar-refractivity contribution is 0.0697. The summed E-state index contributed by atoms with van der Waals surface area (Å²) in [5.41, 5.74) is 1.89. The number of nitrogens with zero attached hydrogens (tertiary/aromatic N) is 4. The van der Waals surface area contributed by atoms with Crippen LogP contribution in [-0.2, 0) is 5.75 Å². The summed E-state index contributed by atoms with van der Waals surface area (Å²) in [4.78, 5) is 25.7. The number of hydrogen-bond donors (Lipinski definition) is 0. The monoisotopic (exact) mass is 432 g/mol. The highest BCUT2D eigenvalue weighted by Crippen LogP contribution is 2.25. The van der Waals surface area contributed by atoms with E-state index >= 15 is 0 Å². The van der Waals surface area contributed by atoms with E-state index in [2.05, 4.69) is 28.7 Å². The lowest BCUT2D eigenvalue weighted by Gasteiger charge is -2.30. The number of anilines is 1. The summed E-state index contributed by atoms with van der Waals surface area (Å²) in [6.45, 7) is 7.03. The molecule has 1 aromatic carbocycles. The molecule has 1 aliphatic heterocycles. The number of halogens is 1. The number of piperidine rings is 1. The summed E-state index contributed by atoms with van der Waals surface area (Å²) in [6, 6.07) is 9.68. The van der Waals surface area contributed by atoms with E-state index in [1.165, 1.54) is 0 Å². The number of hydrogen-bond acceptors (Lipinski definition) is 5. The molecule has 156 valence electrons.